The summed E-state index contributed by atoms with van der Waals surface area (Å²) in [4.78, 5) is 0. The number of allylic oxidation sites excluding steroid dienone is 4. The molecule has 0 amide bonds. The first-order valence-electron chi connectivity index (χ1n) is 7.41. The minimum atomic E-state index is -2.04. The van der Waals surface area contributed by atoms with Crippen molar-refractivity contribution < 1.29 is 10.2 Å². The fraction of sp³-hybridized carbons (Fsp3) is 0.0476. The maximum atomic E-state index is 10.6. The molecule has 0 unspecified atom stereocenters. The number of benzene rings is 2. The van der Waals surface area contributed by atoms with Gasteiger partial charge in [-0.2, -0.15) is 0 Å². The van der Waals surface area contributed by atoms with E-state index in [4.69, 9.17) is 0 Å². The van der Waals surface area contributed by atoms with Gasteiger partial charge in [0.05, 0.1) is 0 Å². The Balaban J connectivity index is 2.35. The van der Waals surface area contributed by atoms with Crippen LogP contribution < -0.4 is 0 Å². The van der Waals surface area contributed by atoms with Crippen LogP contribution in [0.2, 0.25) is 0 Å². The zero-order chi connectivity index (χ0) is 16.4. The van der Waals surface area contributed by atoms with Crippen LogP contribution in [0.15, 0.2) is 91.6 Å². The van der Waals surface area contributed by atoms with Crippen molar-refractivity contribution in [3.63, 3.8) is 0 Å². The molecule has 0 atom stereocenters. The van der Waals surface area contributed by atoms with Gasteiger partial charge in [-0.05, 0) is 22.3 Å². The normalized spacial score (nSPS) is 15.7. The molecule has 2 N–H and O–H groups in total. The van der Waals surface area contributed by atoms with Crippen LogP contribution in [-0.2, 0) is 5.79 Å². The average molecular weight is 302 g/mol. The Labute approximate surface area is 136 Å². The molecule has 0 heterocycles. The largest absolute Gasteiger partial charge is 0.358 e. The van der Waals surface area contributed by atoms with E-state index in [1.54, 1.807) is 18.2 Å². The molecule has 2 nitrogen and oxygen atoms in total. The highest BCUT2D eigenvalue weighted by molar-refractivity contribution is 5.94. The van der Waals surface area contributed by atoms with Gasteiger partial charge in [0, 0.05) is 11.1 Å². The molecule has 23 heavy (non-hydrogen) atoms. The van der Waals surface area contributed by atoms with E-state index in [1.807, 2.05) is 48.5 Å². The summed E-state index contributed by atoms with van der Waals surface area (Å²) in [5.41, 5.74) is 4.40. The molecule has 0 saturated carbocycles. The molecular weight excluding hydrogens is 284 g/mol. The summed E-state index contributed by atoms with van der Waals surface area (Å²) in [6.07, 6.45) is 6.78. The number of fused-ring (bicyclic) bond motifs is 1. The summed E-state index contributed by atoms with van der Waals surface area (Å²) < 4.78 is 0. The lowest BCUT2D eigenvalue weighted by Crippen LogP contribution is -2.24. The Morgan fingerprint density at radius 2 is 1.65 bits per heavy atom. The number of rotatable bonds is 4. The van der Waals surface area contributed by atoms with Crippen molar-refractivity contribution in [1.82, 2.24) is 0 Å². The van der Waals surface area contributed by atoms with Gasteiger partial charge in [0.25, 0.3) is 0 Å². The lowest BCUT2D eigenvalue weighted by atomic mass is 9.93. The van der Waals surface area contributed by atoms with E-state index in [1.165, 1.54) is 6.08 Å². The molecule has 2 heteroatoms. The summed E-state index contributed by atoms with van der Waals surface area (Å²) >= 11 is 0. The Bertz CT molecular complexity index is 824. The minimum absolute atomic E-state index is 0.383. The van der Waals surface area contributed by atoms with Crippen molar-refractivity contribution in [1.29, 1.82) is 0 Å². The summed E-state index contributed by atoms with van der Waals surface area (Å²) in [6.45, 7) is 7.43. The Hall–Kier alpha value is -2.68. The van der Waals surface area contributed by atoms with Crippen LogP contribution in [0.4, 0.5) is 0 Å². The van der Waals surface area contributed by atoms with Crippen molar-refractivity contribution in [2.24, 2.45) is 0 Å². The van der Waals surface area contributed by atoms with Crippen molar-refractivity contribution in [3.8, 4) is 11.1 Å². The van der Waals surface area contributed by atoms with Crippen molar-refractivity contribution in [2.45, 2.75) is 5.79 Å². The Morgan fingerprint density at radius 3 is 2.30 bits per heavy atom. The summed E-state index contributed by atoms with van der Waals surface area (Å²) in [5.74, 6) is -2.04. The summed E-state index contributed by atoms with van der Waals surface area (Å²) in [7, 11) is 0. The van der Waals surface area contributed by atoms with Crippen LogP contribution >= 0.6 is 0 Å². The summed E-state index contributed by atoms with van der Waals surface area (Å²) in [6, 6.07) is 15.5. The lowest BCUT2D eigenvalue weighted by Gasteiger charge is -2.19. The minimum Gasteiger partial charge on any atom is -0.358 e. The van der Waals surface area contributed by atoms with E-state index in [2.05, 4.69) is 13.2 Å². The standard InChI is InChI=1S/C21H18O2/c1-3-5-12-17-18(4-2)21(22,23)19-14-9-13-16(20(17)19)15-10-7-6-8-11-15/h3-14,22-23H,1-2H2/b12-5-. The first-order valence-corrected chi connectivity index (χ1v) is 7.41. The highest BCUT2D eigenvalue weighted by atomic mass is 16.5. The van der Waals surface area contributed by atoms with Crippen LogP contribution in [0.1, 0.15) is 11.1 Å². The zero-order valence-electron chi connectivity index (χ0n) is 12.7. The predicted octanol–water partition coefficient (Wildman–Crippen LogP) is 4.19. The van der Waals surface area contributed by atoms with Gasteiger partial charge in [-0.3, -0.25) is 0 Å². The molecule has 0 bridgehead atoms. The Morgan fingerprint density at radius 1 is 0.913 bits per heavy atom. The van der Waals surface area contributed by atoms with Gasteiger partial charge in [0.1, 0.15) is 0 Å². The van der Waals surface area contributed by atoms with Crippen LogP contribution in [0.25, 0.3) is 16.7 Å². The average Bonchev–Trinajstić information content (AvgIpc) is 2.80. The van der Waals surface area contributed by atoms with Crippen molar-refractivity contribution in [3.05, 3.63) is 103 Å². The molecule has 2 aromatic carbocycles. The SMILES string of the molecule is C=C/C=C\C1=C(C=C)C(O)(O)c2cccc(-c3ccccc3)c21. The quantitative estimate of drug-likeness (QED) is 0.657. The van der Waals surface area contributed by atoms with E-state index in [0.29, 0.717) is 11.1 Å². The van der Waals surface area contributed by atoms with E-state index in [9.17, 15) is 10.2 Å². The monoisotopic (exact) mass is 302 g/mol. The number of hydrogen-bond acceptors (Lipinski definition) is 2. The number of hydrogen-bond donors (Lipinski definition) is 2. The van der Waals surface area contributed by atoms with E-state index in [0.717, 1.165) is 22.3 Å². The molecule has 0 radical (unpaired) electrons. The molecule has 0 aliphatic heterocycles. The van der Waals surface area contributed by atoms with Gasteiger partial charge in [-0.1, -0.05) is 86.0 Å². The molecule has 0 fully saturated rings. The molecule has 2 aromatic rings. The molecule has 0 spiro atoms. The number of aliphatic hydroxyl groups is 2. The third kappa shape index (κ3) is 2.38. The maximum Gasteiger partial charge on any atom is 0.218 e. The second-order valence-electron chi connectivity index (χ2n) is 5.39. The van der Waals surface area contributed by atoms with E-state index < -0.39 is 5.79 Å². The molecule has 1 aliphatic carbocycles. The van der Waals surface area contributed by atoms with Gasteiger partial charge >= 0.3 is 0 Å². The molecule has 1 aliphatic rings. The second kappa shape index (κ2) is 5.84. The van der Waals surface area contributed by atoms with Gasteiger partial charge < -0.3 is 10.2 Å². The third-order valence-electron chi connectivity index (χ3n) is 4.06. The van der Waals surface area contributed by atoms with Gasteiger partial charge in [0.2, 0.25) is 5.79 Å². The molecular formula is C21H18O2. The van der Waals surface area contributed by atoms with Gasteiger partial charge in [-0.15, -0.1) is 0 Å². The van der Waals surface area contributed by atoms with Gasteiger partial charge in [0.15, 0.2) is 0 Å². The van der Waals surface area contributed by atoms with Crippen LogP contribution in [0.5, 0.6) is 0 Å². The second-order valence-corrected chi connectivity index (χ2v) is 5.39. The van der Waals surface area contributed by atoms with Crippen LogP contribution in [0, 0.1) is 0 Å². The zero-order valence-corrected chi connectivity index (χ0v) is 12.7. The Kier molecular flexibility index (Phi) is 3.87. The fourth-order valence-corrected chi connectivity index (χ4v) is 3.05. The van der Waals surface area contributed by atoms with E-state index in [-0.39, 0.29) is 0 Å². The molecule has 0 saturated heterocycles. The highest BCUT2D eigenvalue weighted by Crippen LogP contribution is 2.48. The predicted molar refractivity (Wildman–Crippen MR) is 94.4 cm³/mol. The maximum absolute atomic E-state index is 10.6. The third-order valence-corrected chi connectivity index (χ3v) is 4.06. The first-order chi connectivity index (χ1) is 11.1. The smallest absolute Gasteiger partial charge is 0.218 e. The lowest BCUT2D eigenvalue weighted by molar-refractivity contribution is -0.129. The first kappa shape index (κ1) is 15.2. The molecule has 3 rings (SSSR count). The van der Waals surface area contributed by atoms with E-state index >= 15 is 0 Å². The van der Waals surface area contributed by atoms with Crippen LogP contribution in [0.3, 0.4) is 0 Å². The molecule has 0 aromatic heterocycles. The van der Waals surface area contributed by atoms with Crippen molar-refractivity contribution >= 4 is 5.57 Å². The highest BCUT2D eigenvalue weighted by Gasteiger charge is 2.41. The fourth-order valence-electron chi connectivity index (χ4n) is 3.05. The van der Waals surface area contributed by atoms with Gasteiger partial charge in [-0.25, -0.2) is 0 Å². The van der Waals surface area contributed by atoms with Crippen LogP contribution in [-0.4, -0.2) is 10.2 Å². The molecule has 114 valence electrons. The summed E-state index contributed by atoms with van der Waals surface area (Å²) in [5, 5.41) is 21.2. The topological polar surface area (TPSA) is 40.5 Å². The van der Waals surface area contributed by atoms with Crippen molar-refractivity contribution in [2.75, 3.05) is 0 Å².